The molecule has 1 amide bonds. The van der Waals surface area contributed by atoms with Crippen molar-refractivity contribution in [2.75, 3.05) is 42.4 Å². The number of fused-ring (bicyclic) bond motifs is 3. The van der Waals surface area contributed by atoms with Crippen LogP contribution in [0.25, 0.3) is 0 Å². The summed E-state index contributed by atoms with van der Waals surface area (Å²) in [6, 6.07) is 15.0. The fourth-order valence-corrected chi connectivity index (χ4v) is 6.18. The minimum atomic E-state index is -1.68. The van der Waals surface area contributed by atoms with Gasteiger partial charge in [-0.05, 0) is 49.1 Å². The molecule has 0 bridgehead atoms. The first kappa shape index (κ1) is 25.6. The van der Waals surface area contributed by atoms with Crippen LogP contribution in [0.5, 0.6) is 0 Å². The number of amides is 1. The average Bonchev–Trinajstić information content (AvgIpc) is 3.06. The molecule has 2 aromatic carbocycles. The van der Waals surface area contributed by atoms with Crippen molar-refractivity contribution < 1.29 is 19.1 Å². The molecule has 1 aliphatic carbocycles. The summed E-state index contributed by atoms with van der Waals surface area (Å²) in [7, 11) is 5.57. The molecule has 8 heteroatoms. The molecule has 2 aromatic rings. The number of carbonyl (C=O) groups excluding carboxylic acids is 3. The number of carbonyl (C=O) groups is 3. The first-order chi connectivity index (χ1) is 18.0. The van der Waals surface area contributed by atoms with Crippen LogP contribution in [0.15, 0.2) is 71.2 Å². The van der Waals surface area contributed by atoms with Crippen LogP contribution in [0.3, 0.4) is 0 Å². The van der Waals surface area contributed by atoms with Crippen LogP contribution >= 0.6 is 0 Å². The molecule has 38 heavy (non-hydrogen) atoms. The normalized spacial score (nSPS) is 22.2. The molecule has 2 aliphatic heterocycles. The number of benzene rings is 2. The average molecular weight is 515 g/mol. The Balaban J connectivity index is 1.89. The Morgan fingerprint density at radius 3 is 2.34 bits per heavy atom. The lowest BCUT2D eigenvalue weighted by Crippen LogP contribution is -2.55. The van der Waals surface area contributed by atoms with Crippen LogP contribution in [0.2, 0.25) is 0 Å². The summed E-state index contributed by atoms with van der Waals surface area (Å²) in [4.78, 5) is 47.5. The Labute approximate surface area is 223 Å². The molecule has 2 N–H and O–H groups in total. The predicted octanol–water partition coefficient (Wildman–Crippen LogP) is 3.86. The second-order valence-corrected chi connectivity index (χ2v) is 11.1. The van der Waals surface area contributed by atoms with Crippen molar-refractivity contribution >= 4 is 34.7 Å². The number of esters is 1. The molecule has 5 rings (SSSR count). The minimum absolute atomic E-state index is 0.00959. The van der Waals surface area contributed by atoms with Gasteiger partial charge in [0.15, 0.2) is 5.78 Å². The summed E-state index contributed by atoms with van der Waals surface area (Å²) in [5, 5.41) is 0. The molecule has 0 fully saturated rings. The van der Waals surface area contributed by atoms with Crippen molar-refractivity contribution in [1.82, 2.24) is 0 Å². The van der Waals surface area contributed by atoms with Crippen molar-refractivity contribution in [2.24, 2.45) is 11.1 Å². The first-order valence-corrected chi connectivity index (χ1v) is 12.8. The first-order valence-electron chi connectivity index (χ1n) is 12.8. The number of nitrogens with zero attached hydrogens (tertiary/aromatic N) is 3. The van der Waals surface area contributed by atoms with Gasteiger partial charge in [-0.3, -0.25) is 14.5 Å². The quantitative estimate of drug-likeness (QED) is 0.619. The topological polar surface area (TPSA) is 96.2 Å². The molecule has 0 saturated heterocycles. The number of ether oxygens (including phenoxy) is 1. The molecule has 1 atom stereocenters. The number of nitrogens with two attached hydrogens (primary N) is 1. The van der Waals surface area contributed by atoms with E-state index in [1.165, 1.54) is 4.90 Å². The molecule has 0 radical (unpaired) electrons. The van der Waals surface area contributed by atoms with Gasteiger partial charge in [-0.1, -0.05) is 32.0 Å². The third-order valence-corrected chi connectivity index (χ3v) is 7.77. The van der Waals surface area contributed by atoms with Crippen LogP contribution < -0.4 is 20.4 Å². The standard InChI is InChI=1S/C30H34N4O4/c1-7-38-27(36)25-26(31)34(19-14-12-18(13-15-19)32(4)5)22-16-29(2,3)17-23(35)24(22)30(25)20-10-8-9-11-21(20)33(6)28(30)37/h8-15H,7,16-17,31H2,1-6H3. The number of Topliss-reactive ketones (excluding diaryl/α,β-unsaturated/α-hetero) is 1. The highest BCUT2D eigenvalue weighted by atomic mass is 16.5. The third-order valence-electron chi connectivity index (χ3n) is 7.77. The van der Waals surface area contributed by atoms with E-state index in [1.807, 2.05) is 81.4 Å². The number of rotatable bonds is 4. The minimum Gasteiger partial charge on any atom is -0.462 e. The summed E-state index contributed by atoms with van der Waals surface area (Å²) in [5.41, 5.74) is 8.73. The fourth-order valence-electron chi connectivity index (χ4n) is 6.18. The van der Waals surface area contributed by atoms with Crippen molar-refractivity contribution in [1.29, 1.82) is 0 Å². The van der Waals surface area contributed by atoms with Gasteiger partial charge >= 0.3 is 5.97 Å². The van der Waals surface area contributed by atoms with E-state index in [0.717, 1.165) is 5.69 Å². The Hall–Kier alpha value is -4.07. The van der Waals surface area contributed by atoms with Gasteiger partial charge in [0.05, 0.1) is 6.61 Å². The fraction of sp³-hybridized carbons (Fsp3) is 0.367. The second kappa shape index (κ2) is 8.75. The number of likely N-dealkylation sites (N-methyl/N-ethyl adjacent to an activating group) is 1. The molecule has 1 unspecified atom stereocenters. The third kappa shape index (κ3) is 3.46. The van der Waals surface area contributed by atoms with Gasteiger partial charge in [-0.25, -0.2) is 4.79 Å². The smallest absolute Gasteiger partial charge is 0.339 e. The van der Waals surface area contributed by atoms with E-state index in [-0.39, 0.29) is 41.5 Å². The molecule has 198 valence electrons. The van der Waals surface area contributed by atoms with E-state index in [0.29, 0.717) is 34.6 Å². The van der Waals surface area contributed by atoms with Gasteiger partial charge in [0.1, 0.15) is 16.8 Å². The van der Waals surface area contributed by atoms with Crippen LogP contribution in [-0.4, -0.2) is 45.4 Å². The molecule has 8 nitrogen and oxygen atoms in total. The lowest BCUT2D eigenvalue weighted by Gasteiger charge is -2.47. The summed E-state index contributed by atoms with van der Waals surface area (Å²) >= 11 is 0. The SMILES string of the molecule is CCOC(=O)C1=C(N)N(c2ccc(N(C)C)cc2)C2=C(C(=O)CC(C)(C)C2)C12C(=O)N(C)c1ccccc12. The zero-order valence-electron chi connectivity index (χ0n) is 22.8. The number of ketones is 1. The maximum atomic E-state index is 14.3. The highest BCUT2D eigenvalue weighted by Crippen LogP contribution is 2.58. The molecule has 2 heterocycles. The number of hydrogen-bond donors (Lipinski definition) is 1. The van der Waals surface area contributed by atoms with Crippen LogP contribution in [-0.2, 0) is 24.5 Å². The van der Waals surface area contributed by atoms with Gasteiger partial charge in [0.2, 0.25) is 5.91 Å². The molecule has 1 spiro atoms. The number of allylic oxidation sites excluding steroid dienone is 1. The van der Waals surface area contributed by atoms with Gasteiger partial charge < -0.3 is 20.3 Å². The van der Waals surface area contributed by atoms with Crippen molar-refractivity contribution in [3.8, 4) is 0 Å². The van der Waals surface area contributed by atoms with Crippen molar-refractivity contribution in [3.63, 3.8) is 0 Å². The summed E-state index contributed by atoms with van der Waals surface area (Å²) in [6.45, 7) is 5.87. The molecule has 3 aliphatic rings. The lowest BCUT2D eigenvalue weighted by molar-refractivity contribution is -0.140. The monoisotopic (exact) mass is 514 g/mol. The van der Waals surface area contributed by atoms with Gasteiger partial charge in [0.25, 0.3) is 0 Å². The zero-order valence-corrected chi connectivity index (χ0v) is 22.8. The van der Waals surface area contributed by atoms with E-state index in [2.05, 4.69) is 0 Å². The van der Waals surface area contributed by atoms with Crippen LogP contribution in [0, 0.1) is 5.41 Å². The van der Waals surface area contributed by atoms with E-state index < -0.39 is 11.4 Å². The van der Waals surface area contributed by atoms with E-state index >= 15 is 0 Å². The molecule has 0 saturated carbocycles. The van der Waals surface area contributed by atoms with Crippen LogP contribution in [0.4, 0.5) is 17.1 Å². The largest absolute Gasteiger partial charge is 0.462 e. The maximum absolute atomic E-state index is 14.3. The Morgan fingerprint density at radius 1 is 1.05 bits per heavy atom. The maximum Gasteiger partial charge on any atom is 0.339 e. The zero-order chi connectivity index (χ0) is 27.6. The van der Waals surface area contributed by atoms with E-state index in [4.69, 9.17) is 10.5 Å². The van der Waals surface area contributed by atoms with E-state index in [9.17, 15) is 14.4 Å². The number of hydrogen-bond acceptors (Lipinski definition) is 7. The summed E-state index contributed by atoms with van der Waals surface area (Å²) in [5.74, 6) is -1.15. The van der Waals surface area contributed by atoms with Crippen molar-refractivity contribution in [3.05, 3.63) is 76.8 Å². The Morgan fingerprint density at radius 2 is 1.71 bits per heavy atom. The Kier molecular flexibility index (Phi) is 5.89. The Bertz CT molecular complexity index is 1420. The lowest BCUT2D eigenvalue weighted by atomic mass is 9.60. The highest BCUT2D eigenvalue weighted by Gasteiger charge is 2.64. The number of anilines is 3. The highest BCUT2D eigenvalue weighted by molar-refractivity contribution is 6.24. The molecule has 0 aromatic heterocycles. The van der Waals surface area contributed by atoms with E-state index in [1.54, 1.807) is 18.9 Å². The number of para-hydroxylation sites is 1. The van der Waals surface area contributed by atoms with Gasteiger partial charge in [0, 0.05) is 61.5 Å². The second-order valence-electron chi connectivity index (χ2n) is 11.1. The molecular formula is C30H34N4O4. The van der Waals surface area contributed by atoms with Gasteiger partial charge in [-0.15, -0.1) is 0 Å². The van der Waals surface area contributed by atoms with Gasteiger partial charge in [-0.2, -0.15) is 0 Å². The molecular weight excluding hydrogens is 480 g/mol. The van der Waals surface area contributed by atoms with Crippen LogP contribution in [0.1, 0.15) is 39.2 Å². The summed E-state index contributed by atoms with van der Waals surface area (Å²) in [6.07, 6.45) is 0.747. The van der Waals surface area contributed by atoms with Crippen molar-refractivity contribution in [2.45, 2.75) is 39.0 Å². The summed E-state index contributed by atoms with van der Waals surface area (Å²) < 4.78 is 5.51. The predicted molar refractivity (Wildman–Crippen MR) is 148 cm³/mol.